The van der Waals surface area contributed by atoms with Crippen LogP contribution in [0.15, 0.2) is 65.3 Å². The van der Waals surface area contributed by atoms with Crippen LogP contribution < -0.4 is 14.8 Å². The molecule has 1 aliphatic carbocycles. The number of carbonyl (C=O) groups is 2. The molecule has 2 aromatic heterocycles. The lowest BCUT2D eigenvalue weighted by molar-refractivity contribution is -0.119. The molecule has 8 heteroatoms. The number of furan rings is 1. The standard InChI is InChI=1S/C29H24N2O6/c32-26(30-19-9-11-24-25(16-19)36-14-4-13-35-24)17-37-29(33)27-21-6-1-2-7-23(21)31-28-18(8-10-22(27)28)15-20-5-3-12-34-20/h1-3,5-7,9,11-12,15-16H,4,8,10,13-14,17H2,(H,30,32)/b18-15+. The van der Waals surface area contributed by atoms with Gasteiger partial charge in [0.2, 0.25) is 0 Å². The first-order valence-corrected chi connectivity index (χ1v) is 12.2. The predicted octanol–water partition coefficient (Wildman–Crippen LogP) is 5.27. The number of pyridine rings is 1. The van der Waals surface area contributed by atoms with Crippen molar-refractivity contribution in [1.82, 2.24) is 4.98 Å². The van der Waals surface area contributed by atoms with Gasteiger partial charge in [0.05, 0.1) is 36.3 Å². The molecule has 0 saturated heterocycles. The number of carbonyl (C=O) groups excluding carboxylic acids is 2. The van der Waals surface area contributed by atoms with Crippen LogP contribution in [0.2, 0.25) is 0 Å². The van der Waals surface area contributed by atoms with Gasteiger partial charge in [0.15, 0.2) is 18.1 Å². The Morgan fingerprint density at radius 3 is 2.73 bits per heavy atom. The highest BCUT2D eigenvalue weighted by molar-refractivity contribution is 6.08. The number of para-hydroxylation sites is 1. The quantitative estimate of drug-likeness (QED) is 0.376. The SMILES string of the molecule is O=C(COC(=O)c1c2c(nc3ccccc13)/C(=C/c1ccco1)CC2)Nc1ccc2c(c1)OCCCO2. The number of amides is 1. The van der Waals surface area contributed by atoms with Crippen LogP contribution in [0, 0.1) is 0 Å². The third-order valence-corrected chi connectivity index (χ3v) is 6.37. The van der Waals surface area contributed by atoms with E-state index >= 15 is 0 Å². The highest BCUT2D eigenvalue weighted by Crippen LogP contribution is 2.38. The summed E-state index contributed by atoms with van der Waals surface area (Å²) in [5, 5.41) is 3.46. The molecule has 0 saturated carbocycles. The largest absolute Gasteiger partial charge is 0.490 e. The van der Waals surface area contributed by atoms with Crippen molar-refractivity contribution in [3.8, 4) is 11.5 Å². The van der Waals surface area contributed by atoms with Crippen molar-refractivity contribution in [2.45, 2.75) is 19.3 Å². The second-order valence-electron chi connectivity index (χ2n) is 8.85. The first-order valence-electron chi connectivity index (χ1n) is 12.2. The van der Waals surface area contributed by atoms with E-state index in [2.05, 4.69) is 5.32 Å². The van der Waals surface area contributed by atoms with Crippen molar-refractivity contribution >= 4 is 40.1 Å². The molecule has 1 N–H and O–H groups in total. The molecule has 6 rings (SSSR count). The maximum Gasteiger partial charge on any atom is 0.339 e. The van der Waals surface area contributed by atoms with E-state index in [0.717, 1.165) is 35.4 Å². The van der Waals surface area contributed by atoms with Gasteiger partial charge in [-0.2, -0.15) is 0 Å². The summed E-state index contributed by atoms with van der Waals surface area (Å²) in [5.41, 5.74) is 4.26. The van der Waals surface area contributed by atoms with E-state index in [4.69, 9.17) is 23.6 Å². The lowest BCUT2D eigenvalue weighted by Gasteiger charge is -2.13. The fourth-order valence-electron chi connectivity index (χ4n) is 4.70. The molecule has 1 aliphatic heterocycles. The van der Waals surface area contributed by atoms with Gasteiger partial charge in [-0.3, -0.25) is 4.79 Å². The molecular formula is C29H24N2O6. The Hall–Kier alpha value is -4.59. The second kappa shape index (κ2) is 9.81. The van der Waals surface area contributed by atoms with Gasteiger partial charge < -0.3 is 23.9 Å². The number of hydrogen-bond acceptors (Lipinski definition) is 7. The number of nitrogens with one attached hydrogen (secondary N) is 1. The molecule has 2 aliphatic rings. The Morgan fingerprint density at radius 1 is 1.00 bits per heavy atom. The topological polar surface area (TPSA) is 99.9 Å². The van der Waals surface area contributed by atoms with Crippen LogP contribution in [-0.4, -0.2) is 36.7 Å². The number of benzene rings is 2. The number of hydrogen-bond donors (Lipinski definition) is 1. The van der Waals surface area contributed by atoms with Gasteiger partial charge in [0.25, 0.3) is 5.91 Å². The van der Waals surface area contributed by atoms with Gasteiger partial charge in [0.1, 0.15) is 5.76 Å². The summed E-state index contributed by atoms with van der Waals surface area (Å²) in [7, 11) is 0. The third kappa shape index (κ3) is 4.65. The Labute approximate surface area is 212 Å². The number of rotatable bonds is 5. The van der Waals surface area contributed by atoms with E-state index in [9.17, 15) is 9.59 Å². The van der Waals surface area contributed by atoms with Crippen molar-refractivity contribution in [3.63, 3.8) is 0 Å². The number of nitrogens with zero attached hydrogens (tertiary/aromatic N) is 1. The fourth-order valence-corrected chi connectivity index (χ4v) is 4.70. The van der Waals surface area contributed by atoms with Crippen LogP contribution in [0.1, 0.15) is 40.2 Å². The molecular weight excluding hydrogens is 472 g/mol. The molecule has 37 heavy (non-hydrogen) atoms. The van der Waals surface area contributed by atoms with Crippen molar-refractivity contribution in [3.05, 3.63) is 83.4 Å². The van der Waals surface area contributed by atoms with Crippen molar-refractivity contribution < 1.29 is 28.2 Å². The van der Waals surface area contributed by atoms with Crippen LogP contribution in [0.25, 0.3) is 22.6 Å². The highest BCUT2D eigenvalue weighted by atomic mass is 16.5. The van der Waals surface area contributed by atoms with E-state index in [1.54, 1.807) is 24.5 Å². The van der Waals surface area contributed by atoms with Crippen molar-refractivity contribution in [1.29, 1.82) is 0 Å². The van der Waals surface area contributed by atoms with E-state index in [-0.39, 0.29) is 0 Å². The number of aromatic nitrogens is 1. The maximum atomic E-state index is 13.3. The van der Waals surface area contributed by atoms with Crippen molar-refractivity contribution in [2.75, 3.05) is 25.1 Å². The molecule has 4 aromatic rings. The molecule has 8 nitrogen and oxygen atoms in total. The summed E-state index contributed by atoms with van der Waals surface area (Å²) in [4.78, 5) is 30.8. The first kappa shape index (κ1) is 22.8. The molecule has 3 heterocycles. The zero-order valence-electron chi connectivity index (χ0n) is 20.0. The zero-order chi connectivity index (χ0) is 25.2. The van der Waals surface area contributed by atoms with Crippen LogP contribution in [0.5, 0.6) is 11.5 Å². The normalized spacial score (nSPS) is 15.3. The van der Waals surface area contributed by atoms with E-state index < -0.39 is 18.5 Å². The number of esters is 1. The average molecular weight is 497 g/mol. The maximum absolute atomic E-state index is 13.3. The Kier molecular flexibility index (Phi) is 6.06. The molecule has 2 aromatic carbocycles. The monoisotopic (exact) mass is 496 g/mol. The highest BCUT2D eigenvalue weighted by Gasteiger charge is 2.28. The minimum atomic E-state index is -0.553. The summed E-state index contributed by atoms with van der Waals surface area (Å²) >= 11 is 0. The van der Waals surface area contributed by atoms with Gasteiger partial charge >= 0.3 is 5.97 Å². The third-order valence-electron chi connectivity index (χ3n) is 6.37. The van der Waals surface area contributed by atoms with Crippen LogP contribution in [-0.2, 0) is 16.0 Å². The molecule has 0 atom stereocenters. The zero-order valence-corrected chi connectivity index (χ0v) is 20.0. The number of anilines is 1. The molecule has 1 amide bonds. The minimum Gasteiger partial charge on any atom is -0.490 e. The molecule has 0 spiro atoms. The van der Waals surface area contributed by atoms with Crippen LogP contribution in [0.3, 0.4) is 0 Å². The summed E-state index contributed by atoms with van der Waals surface area (Å²) in [6.45, 7) is 0.709. The van der Waals surface area contributed by atoms with Crippen LogP contribution >= 0.6 is 0 Å². The molecule has 0 fully saturated rings. The summed E-state index contributed by atoms with van der Waals surface area (Å²) in [5.74, 6) is 0.942. The van der Waals surface area contributed by atoms with Crippen molar-refractivity contribution in [2.24, 2.45) is 0 Å². The smallest absolute Gasteiger partial charge is 0.339 e. The Balaban J connectivity index is 1.22. The first-order chi connectivity index (χ1) is 18.2. The minimum absolute atomic E-state index is 0.423. The Morgan fingerprint density at radius 2 is 1.86 bits per heavy atom. The van der Waals surface area contributed by atoms with Gasteiger partial charge in [-0.1, -0.05) is 18.2 Å². The number of fused-ring (bicyclic) bond motifs is 3. The Bertz CT molecular complexity index is 1520. The van der Waals surface area contributed by atoms with Crippen LogP contribution in [0.4, 0.5) is 5.69 Å². The number of allylic oxidation sites excluding steroid dienone is 1. The van der Waals surface area contributed by atoms with Gasteiger partial charge in [-0.05, 0) is 60.4 Å². The van der Waals surface area contributed by atoms with Gasteiger partial charge in [-0.25, -0.2) is 9.78 Å². The van der Waals surface area contributed by atoms with E-state index in [0.29, 0.717) is 53.3 Å². The molecule has 0 unspecified atom stereocenters. The van der Waals surface area contributed by atoms with E-state index in [1.807, 2.05) is 42.5 Å². The van der Waals surface area contributed by atoms with E-state index in [1.165, 1.54) is 0 Å². The fraction of sp³-hybridized carbons (Fsp3) is 0.207. The lowest BCUT2D eigenvalue weighted by Crippen LogP contribution is -2.21. The average Bonchev–Trinajstić information content (AvgIpc) is 3.50. The predicted molar refractivity (Wildman–Crippen MR) is 138 cm³/mol. The van der Waals surface area contributed by atoms with Gasteiger partial charge in [0, 0.05) is 23.6 Å². The lowest BCUT2D eigenvalue weighted by atomic mass is 10.0. The second-order valence-corrected chi connectivity index (χ2v) is 8.85. The summed E-state index contributed by atoms with van der Waals surface area (Å²) < 4.78 is 22.3. The summed E-state index contributed by atoms with van der Waals surface area (Å²) in [6, 6.07) is 16.3. The molecule has 0 bridgehead atoms. The molecule has 0 radical (unpaired) electrons. The summed E-state index contributed by atoms with van der Waals surface area (Å²) in [6.07, 6.45) is 5.74. The molecule has 186 valence electrons. The van der Waals surface area contributed by atoms with Gasteiger partial charge in [-0.15, -0.1) is 0 Å². The number of ether oxygens (including phenoxy) is 3.